The van der Waals surface area contributed by atoms with E-state index in [0.717, 1.165) is 0 Å². The number of sulfonamides is 1. The number of aliphatic carboxylic acids is 1. The van der Waals surface area contributed by atoms with E-state index in [9.17, 15) is 18.0 Å². The van der Waals surface area contributed by atoms with E-state index in [4.69, 9.17) is 5.11 Å². The highest BCUT2D eigenvalue weighted by Gasteiger charge is 2.48. The minimum atomic E-state index is -3.76. The topological polar surface area (TPSA) is 110 Å². The van der Waals surface area contributed by atoms with Crippen LogP contribution >= 0.6 is 0 Å². The molecule has 0 heterocycles. The number of carboxylic acids is 1. The molecule has 0 amide bonds. The van der Waals surface area contributed by atoms with Crippen molar-refractivity contribution in [3.05, 3.63) is 0 Å². The first-order valence-electron chi connectivity index (χ1n) is 6.89. The second-order valence-corrected chi connectivity index (χ2v) is 7.90. The van der Waals surface area contributed by atoms with Gasteiger partial charge in [0, 0.05) is 0 Å². The van der Waals surface area contributed by atoms with Gasteiger partial charge in [-0.3, -0.25) is 9.59 Å². The van der Waals surface area contributed by atoms with Gasteiger partial charge >= 0.3 is 11.9 Å². The van der Waals surface area contributed by atoms with Crippen LogP contribution in [0, 0.1) is 11.3 Å². The smallest absolute Gasteiger partial charge is 0.321 e. The lowest BCUT2D eigenvalue weighted by Gasteiger charge is -2.19. The number of esters is 1. The molecule has 0 aromatic heterocycles. The predicted molar refractivity (Wildman–Crippen MR) is 76.1 cm³/mol. The molecule has 8 heteroatoms. The normalized spacial score (nSPS) is 18.3. The molecule has 122 valence electrons. The van der Waals surface area contributed by atoms with Crippen LogP contribution in [0.15, 0.2) is 0 Å². The summed E-state index contributed by atoms with van der Waals surface area (Å²) < 4.78 is 31.0. The van der Waals surface area contributed by atoms with Crippen LogP contribution in [0.1, 0.15) is 39.5 Å². The largest absolute Gasteiger partial charge is 0.480 e. The van der Waals surface area contributed by atoms with Crippen LogP contribution in [0.3, 0.4) is 0 Å². The fourth-order valence-corrected chi connectivity index (χ4v) is 4.17. The molecule has 1 aliphatic carbocycles. The Balaban J connectivity index is 2.68. The molecule has 0 aromatic carbocycles. The molecule has 1 rings (SSSR count). The number of nitrogens with one attached hydrogen (secondary N) is 1. The van der Waals surface area contributed by atoms with Crippen LogP contribution in [0.2, 0.25) is 0 Å². The minimum absolute atomic E-state index is 0.0479. The fourth-order valence-electron chi connectivity index (χ4n) is 2.26. The lowest BCUT2D eigenvalue weighted by Crippen LogP contribution is -2.44. The molecule has 21 heavy (non-hydrogen) atoms. The summed E-state index contributed by atoms with van der Waals surface area (Å²) in [6, 6.07) is -1.14. The first kappa shape index (κ1) is 17.9. The van der Waals surface area contributed by atoms with Crippen molar-refractivity contribution in [2.75, 3.05) is 12.9 Å². The fraction of sp³-hybridized carbons (Fsp3) is 0.846. The van der Waals surface area contributed by atoms with Crippen LogP contribution in [0.25, 0.3) is 0 Å². The van der Waals surface area contributed by atoms with Gasteiger partial charge in [-0.1, -0.05) is 13.8 Å². The van der Waals surface area contributed by atoms with Crippen molar-refractivity contribution in [1.82, 2.24) is 4.72 Å². The van der Waals surface area contributed by atoms with Gasteiger partial charge < -0.3 is 9.84 Å². The molecule has 1 saturated carbocycles. The van der Waals surface area contributed by atoms with Crippen molar-refractivity contribution >= 4 is 22.0 Å². The van der Waals surface area contributed by atoms with Gasteiger partial charge in [0.25, 0.3) is 0 Å². The summed E-state index contributed by atoms with van der Waals surface area (Å²) in [6.45, 7) is 3.65. The first-order chi connectivity index (χ1) is 9.59. The molecular weight excluding hydrogens is 298 g/mol. The molecule has 0 aromatic rings. The van der Waals surface area contributed by atoms with Crippen molar-refractivity contribution in [3.63, 3.8) is 0 Å². The number of carboxylic acid groups (broad SMARTS) is 1. The maximum atomic E-state index is 12.1. The van der Waals surface area contributed by atoms with E-state index >= 15 is 0 Å². The Kier molecular flexibility index (Phi) is 5.75. The summed E-state index contributed by atoms with van der Waals surface area (Å²) >= 11 is 0. The Bertz CT molecular complexity index is 495. The van der Waals surface area contributed by atoms with E-state index in [1.165, 1.54) is 7.11 Å². The molecule has 0 bridgehead atoms. The Hall–Kier alpha value is -1.15. The van der Waals surface area contributed by atoms with Crippen LogP contribution in [0.5, 0.6) is 0 Å². The second kappa shape index (κ2) is 6.74. The van der Waals surface area contributed by atoms with Crippen LogP contribution in [-0.4, -0.2) is 44.4 Å². The van der Waals surface area contributed by atoms with Crippen LogP contribution in [0.4, 0.5) is 0 Å². The number of hydrogen-bond donors (Lipinski definition) is 2. The Labute approximate surface area is 125 Å². The van der Waals surface area contributed by atoms with Crippen LogP contribution < -0.4 is 4.72 Å². The van der Waals surface area contributed by atoms with E-state index in [2.05, 4.69) is 9.46 Å². The van der Waals surface area contributed by atoms with Crippen molar-refractivity contribution in [3.8, 4) is 0 Å². The molecule has 1 atom stereocenters. The van der Waals surface area contributed by atoms with Crippen molar-refractivity contribution in [2.24, 2.45) is 11.3 Å². The van der Waals surface area contributed by atoms with Gasteiger partial charge in [0.05, 0.1) is 19.3 Å². The molecule has 1 fully saturated rings. The Morgan fingerprint density at radius 3 is 2.29 bits per heavy atom. The number of methoxy groups -OCH3 is 1. The third-order valence-electron chi connectivity index (χ3n) is 3.53. The van der Waals surface area contributed by atoms with Gasteiger partial charge in [0.1, 0.15) is 6.04 Å². The van der Waals surface area contributed by atoms with Gasteiger partial charge in [-0.2, -0.15) is 0 Å². The molecule has 0 unspecified atom stereocenters. The predicted octanol–water partition coefficient (Wildman–Crippen LogP) is 0.748. The third-order valence-corrected chi connectivity index (χ3v) is 5.16. The summed E-state index contributed by atoms with van der Waals surface area (Å²) in [7, 11) is -2.50. The SMILES string of the molecule is COC(=O)CC1(CS(=O)(=O)N[C@@H](CC(C)C)C(=O)O)CC1. The molecule has 7 nitrogen and oxygen atoms in total. The number of ether oxygens (including phenoxy) is 1. The van der Waals surface area contributed by atoms with Crippen molar-refractivity contribution in [2.45, 2.75) is 45.6 Å². The van der Waals surface area contributed by atoms with Gasteiger partial charge in [0.2, 0.25) is 10.0 Å². The molecule has 0 saturated heterocycles. The molecule has 0 aliphatic heterocycles. The number of hydrogen-bond acceptors (Lipinski definition) is 5. The zero-order valence-electron chi connectivity index (χ0n) is 12.6. The number of rotatable bonds is 9. The standard InChI is InChI=1S/C13H23NO6S/c1-9(2)6-10(12(16)17)14-21(18,19)8-13(4-5-13)7-11(15)20-3/h9-10,14H,4-8H2,1-3H3,(H,16,17)/t10-/m0/s1. The molecule has 1 aliphatic rings. The lowest BCUT2D eigenvalue weighted by molar-refractivity contribution is -0.142. The quantitative estimate of drug-likeness (QED) is 0.606. The zero-order chi connectivity index (χ0) is 16.3. The molecular formula is C13H23NO6S. The monoisotopic (exact) mass is 321 g/mol. The third kappa shape index (κ3) is 6.01. The maximum Gasteiger partial charge on any atom is 0.321 e. The zero-order valence-corrected chi connectivity index (χ0v) is 13.4. The van der Waals surface area contributed by atoms with Gasteiger partial charge in [-0.15, -0.1) is 0 Å². The summed E-state index contributed by atoms with van der Waals surface area (Å²) in [5, 5.41) is 9.08. The summed E-state index contributed by atoms with van der Waals surface area (Å²) in [6.07, 6.45) is 1.53. The van der Waals surface area contributed by atoms with Crippen LogP contribution in [-0.2, 0) is 24.3 Å². The summed E-state index contributed by atoms with van der Waals surface area (Å²) in [4.78, 5) is 22.4. The average molecular weight is 321 g/mol. The van der Waals surface area contributed by atoms with Crippen molar-refractivity contribution < 1.29 is 27.9 Å². The van der Waals surface area contributed by atoms with E-state index in [1.807, 2.05) is 13.8 Å². The summed E-state index contributed by atoms with van der Waals surface area (Å²) in [5.74, 6) is -1.82. The highest BCUT2D eigenvalue weighted by atomic mass is 32.2. The Morgan fingerprint density at radius 1 is 1.33 bits per heavy atom. The van der Waals surface area contributed by atoms with E-state index in [-0.39, 0.29) is 24.5 Å². The average Bonchev–Trinajstić information content (AvgIpc) is 3.05. The minimum Gasteiger partial charge on any atom is -0.480 e. The van der Waals surface area contributed by atoms with Crippen molar-refractivity contribution in [1.29, 1.82) is 0 Å². The maximum absolute atomic E-state index is 12.1. The molecule has 0 spiro atoms. The van der Waals surface area contributed by atoms with Gasteiger partial charge in [0.15, 0.2) is 0 Å². The number of carbonyl (C=O) groups is 2. The highest BCUT2D eigenvalue weighted by molar-refractivity contribution is 7.89. The van der Waals surface area contributed by atoms with E-state index in [0.29, 0.717) is 12.8 Å². The van der Waals surface area contributed by atoms with E-state index in [1.54, 1.807) is 0 Å². The highest BCUT2D eigenvalue weighted by Crippen LogP contribution is 2.49. The second-order valence-electron chi connectivity index (χ2n) is 6.15. The lowest BCUT2D eigenvalue weighted by atomic mass is 10.1. The number of carbonyl (C=O) groups excluding carboxylic acids is 1. The van der Waals surface area contributed by atoms with Gasteiger partial charge in [-0.05, 0) is 30.6 Å². The Morgan fingerprint density at radius 2 is 1.90 bits per heavy atom. The first-order valence-corrected chi connectivity index (χ1v) is 8.54. The van der Waals surface area contributed by atoms with E-state index < -0.39 is 33.4 Å². The molecule has 2 N–H and O–H groups in total. The summed E-state index contributed by atoms with van der Waals surface area (Å²) in [5.41, 5.74) is -0.597. The molecule has 0 radical (unpaired) electrons. The van der Waals surface area contributed by atoms with Gasteiger partial charge in [-0.25, -0.2) is 13.1 Å².